The largest absolute Gasteiger partial charge is 0.436 e. The summed E-state index contributed by atoms with van der Waals surface area (Å²) < 4.78 is 5.60. The van der Waals surface area contributed by atoms with Crippen molar-refractivity contribution in [3.05, 3.63) is 46.8 Å². The Kier molecular flexibility index (Phi) is 2.50. The molecule has 0 aliphatic rings. The zero-order chi connectivity index (χ0) is 11.8. The average Bonchev–Trinajstić information content (AvgIpc) is 2.69. The number of nitrogens with zero attached hydrogens (tertiary/aromatic N) is 2. The van der Waals surface area contributed by atoms with Gasteiger partial charge in [-0.2, -0.15) is 0 Å². The molecular weight excluding hydrogens is 259 g/mol. The second-order valence-electron chi connectivity index (χ2n) is 3.46. The van der Waals surface area contributed by atoms with Gasteiger partial charge in [0.1, 0.15) is 11.5 Å². The average molecular weight is 265 g/mol. The molecule has 0 saturated carbocycles. The van der Waals surface area contributed by atoms with Crippen LogP contribution in [0.5, 0.6) is 0 Å². The quantitative estimate of drug-likeness (QED) is 0.619. The second kappa shape index (κ2) is 4.02. The Morgan fingerprint density at radius 2 is 1.76 bits per heavy atom. The summed E-state index contributed by atoms with van der Waals surface area (Å²) in [4.78, 5) is 7.89. The van der Waals surface area contributed by atoms with E-state index in [0.29, 0.717) is 27.0 Å². The fraction of sp³-hybridized carbons (Fsp3) is 0. The Labute approximate surface area is 107 Å². The molecule has 0 fully saturated rings. The first-order chi connectivity index (χ1) is 8.27. The van der Waals surface area contributed by atoms with E-state index in [0.717, 1.165) is 5.56 Å². The van der Waals surface area contributed by atoms with Gasteiger partial charge < -0.3 is 4.42 Å². The van der Waals surface area contributed by atoms with Crippen molar-refractivity contribution >= 4 is 34.3 Å². The molecule has 0 radical (unpaired) electrons. The normalized spacial score (nSPS) is 10.9. The number of rotatable bonds is 1. The fourth-order valence-electron chi connectivity index (χ4n) is 1.64. The highest BCUT2D eigenvalue weighted by atomic mass is 35.5. The van der Waals surface area contributed by atoms with Crippen LogP contribution in [0.25, 0.3) is 22.4 Å². The number of fused-ring (bicyclic) bond motifs is 1. The lowest BCUT2D eigenvalue weighted by Crippen LogP contribution is -1.78. The van der Waals surface area contributed by atoms with Crippen molar-refractivity contribution in [2.75, 3.05) is 0 Å². The Morgan fingerprint density at radius 1 is 1.00 bits per heavy atom. The van der Waals surface area contributed by atoms with E-state index in [2.05, 4.69) is 9.97 Å². The summed E-state index contributed by atoms with van der Waals surface area (Å²) in [6.45, 7) is 0. The minimum atomic E-state index is 0.297. The van der Waals surface area contributed by atoms with Crippen molar-refractivity contribution < 1.29 is 4.42 Å². The van der Waals surface area contributed by atoms with Gasteiger partial charge in [0, 0.05) is 5.56 Å². The first kappa shape index (κ1) is 10.6. The lowest BCUT2D eigenvalue weighted by atomic mass is 10.2. The van der Waals surface area contributed by atoms with Crippen LogP contribution in [-0.2, 0) is 0 Å². The molecule has 0 aliphatic heterocycles. The molecule has 2 heterocycles. The first-order valence-corrected chi connectivity index (χ1v) is 5.67. The van der Waals surface area contributed by atoms with E-state index in [-0.39, 0.29) is 0 Å². The van der Waals surface area contributed by atoms with E-state index < -0.39 is 0 Å². The molecule has 3 nitrogen and oxygen atoms in total. The van der Waals surface area contributed by atoms with E-state index in [9.17, 15) is 0 Å². The summed E-state index contributed by atoms with van der Waals surface area (Å²) >= 11 is 12.2. The highest BCUT2D eigenvalue weighted by Crippen LogP contribution is 2.38. The Hall–Kier alpha value is -1.58. The van der Waals surface area contributed by atoms with Crippen molar-refractivity contribution in [1.29, 1.82) is 0 Å². The van der Waals surface area contributed by atoms with Gasteiger partial charge in [-0.1, -0.05) is 53.5 Å². The number of aromatic nitrogens is 2. The van der Waals surface area contributed by atoms with Crippen LogP contribution in [-0.4, -0.2) is 9.97 Å². The van der Waals surface area contributed by atoms with Crippen molar-refractivity contribution in [3.63, 3.8) is 0 Å². The van der Waals surface area contributed by atoms with Gasteiger partial charge in [-0.05, 0) is 0 Å². The van der Waals surface area contributed by atoms with Crippen LogP contribution in [0.3, 0.4) is 0 Å². The number of hydrogen-bond donors (Lipinski definition) is 0. The van der Waals surface area contributed by atoms with Gasteiger partial charge in [-0.3, -0.25) is 0 Å². The molecule has 0 saturated heterocycles. The van der Waals surface area contributed by atoms with Crippen molar-refractivity contribution in [2.45, 2.75) is 0 Å². The molecule has 3 rings (SSSR count). The predicted octanol–water partition coefficient (Wildman–Crippen LogP) is 4.20. The maximum absolute atomic E-state index is 6.24. The minimum Gasteiger partial charge on any atom is -0.436 e. The summed E-state index contributed by atoms with van der Waals surface area (Å²) in [5.41, 5.74) is 1.28. The van der Waals surface area contributed by atoms with Gasteiger partial charge in [-0.25, -0.2) is 9.97 Å². The van der Waals surface area contributed by atoms with E-state index >= 15 is 0 Å². The Bertz CT molecular complexity index is 680. The van der Waals surface area contributed by atoms with Crippen LogP contribution in [0.4, 0.5) is 0 Å². The minimum absolute atomic E-state index is 0.297. The van der Waals surface area contributed by atoms with Gasteiger partial charge >= 0.3 is 0 Å². The third-order valence-corrected chi connectivity index (χ3v) is 3.07. The van der Waals surface area contributed by atoms with Gasteiger partial charge in [0.2, 0.25) is 5.71 Å². The number of benzene rings is 1. The van der Waals surface area contributed by atoms with Crippen LogP contribution in [0.15, 0.2) is 41.1 Å². The molecule has 0 N–H and O–H groups in total. The Balaban J connectivity index is 2.33. The number of furan rings is 1. The predicted molar refractivity (Wildman–Crippen MR) is 67.3 cm³/mol. The monoisotopic (exact) mass is 264 g/mol. The molecule has 17 heavy (non-hydrogen) atoms. The summed E-state index contributed by atoms with van der Waals surface area (Å²) in [5, 5.41) is 1.29. The molecule has 5 heteroatoms. The van der Waals surface area contributed by atoms with Crippen LogP contribution in [0.2, 0.25) is 10.2 Å². The van der Waals surface area contributed by atoms with Gasteiger partial charge in [0.15, 0.2) is 5.76 Å². The maximum Gasteiger partial charge on any atom is 0.232 e. The molecule has 0 aliphatic carbocycles. The topological polar surface area (TPSA) is 38.9 Å². The van der Waals surface area contributed by atoms with Crippen LogP contribution >= 0.6 is 23.2 Å². The van der Waals surface area contributed by atoms with Crippen molar-refractivity contribution in [1.82, 2.24) is 9.97 Å². The third-order valence-electron chi connectivity index (χ3n) is 2.42. The SMILES string of the molecule is Clc1ncnc2oc(-c3ccccc3)c(Cl)c12. The summed E-state index contributed by atoms with van der Waals surface area (Å²) in [7, 11) is 0. The summed E-state index contributed by atoms with van der Waals surface area (Å²) in [6.07, 6.45) is 1.35. The van der Waals surface area contributed by atoms with Crippen molar-refractivity contribution in [3.8, 4) is 11.3 Å². The molecule has 3 aromatic rings. The smallest absolute Gasteiger partial charge is 0.232 e. The number of halogens is 2. The molecule has 0 bridgehead atoms. The van der Waals surface area contributed by atoms with E-state index in [1.807, 2.05) is 30.3 Å². The molecule has 0 spiro atoms. The molecular formula is C12H6Cl2N2O. The van der Waals surface area contributed by atoms with Crippen molar-refractivity contribution in [2.24, 2.45) is 0 Å². The highest BCUT2D eigenvalue weighted by Gasteiger charge is 2.17. The van der Waals surface area contributed by atoms with Crippen LogP contribution in [0, 0.1) is 0 Å². The lowest BCUT2D eigenvalue weighted by molar-refractivity contribution is 0.617. The molecule has 0 unspecified atom stereocenters. The summed E-state index contributed by atoms with van der Waals surface area (Å²) in [5.74, 6) is 0.560. The van der Waals surface area contributed by atoms with E-state index in [4.69, 9.17) is 27.6 Å². The van der Waals surface area contributed by atoms with Crippen LogP contribution < -0.4 is 0 Å². The van der Waals surface area contributed by atoms with E-state index in [1.54, 1.807) is 0 Å². The fourth-order valence-corrected chi connectivity index (χ4v) is 2.23. The zero-order valence-corrected chi connectivity index (χ0v) is 10.0. The molecule has 0 amide bonds. The maximum atomic E-state index is 6.24. The third kappa shape index (κ3) is 1.68. The molecule has 0 atom stereocenters. The van der Waals surface area contributed by atoms with Gasteiger partial charge in [0.25, 0.3) is 0 Å². The molecule has 2 aromatic heterocycles. The lowest BCUT2D eigenvalue weighted by Gasteiger charge is -1.95. The number of hydrogen-bond acceptors (Lipinski definition) is 3. The zero-order valence-electron chi connectivity index (χ0n) is 8.52. The highest BCUT2D eigenvalue weighted by molar-refractivity contribution is 6.42. The van der Waals surface area contributed by atoms with Gasteiger partial charge in [-0.15, -0.1) is 0 Å². The van der Waals surface area contributed by atoms with Gasteiger partial charge in [0.05, 0.1) is 10.4 Å². The first-order valence-electron chi connectivity index (χ1n) is 4.91. The van der Waals surface area contributed by atoms with E-state index in [1.165, 1.54) is 6.33 Å². The van der Waals surface area contributed by atoms with Crippen LogP contribution in [0.1, 0.15) is 0 Å². The Morgan fingerprint density at radius 3 is 2.47 bits per heavy atom. The molecule has 1 aromatic carbocycles. The molecule has 84 valence electrons. The summed E-state index contributed by atoms with van der Waals surface area (Å²) in [6, 6.07) is 9.56. The second-order valence-corrected chi connectivity index (χ2v) is 4.19. The standard InChI is InChI=1S/C12H6Cl2N2O/c13-9-8-11(14)15-6-16-12(8)17-10(9)7-4-2-1-3-5-7/h1-6H.